The van der Waals surface area contributed by atoms with Gasteiger partial charge >= 0.3 is 5.97 Å². The zero-order valence-corrected chi connectivity index (χ0v) is 6.40. The molecule has 62 valence electrons. The number of hydrogen-bond acceptors (Lipinski definition) is 4. The minimum Gasteiger partial charge on any atom is -0.456 e. The van der Waals surface area contributed by atoms with Crippen molar-refractivity contribution < 1.29 is 19.4 Å². The van der Waals surface area contributed by atoms with Gasteiger partial charge in [-0.2, -0.15) is 0 Å². The second kappa shape index (κ2) is 2.62. The van der Waals surface area contributed by atoms with Crippen LogP contribution < -0.4 is 0 Å². The van der Waals surface area contributed by atoms with Crippen LogP contribution in [0.5, 0.6) is 0 Å². The summed E-state index contributed by atoms with van der Waals surface area (Å²) in [5.74, 6) is -2.07. The highest BCUT2D eigenvalue weighted by atomic mass is 16.6. The van der Waals surface area contributed by atoms with Crippen molar-refractivity contribution in [3.8, 4) is 0 Å². The van der Waals surface area contributed by atoms with Crippen molar-refractivity contribution in [2.24, 2.45) is 5.92 Å². The Kier molecular flexibility index (Phi) is 1.95. The molecule has 0 bridgehead atoms. The lowest BCUT2D eigenvalue weighted by atomic mass is 9.93. The maximum atomic E-state index is 10.8. The number of aliphatic hydroxyl groups excluding tert-OH is 1. The molecule has 1 fully saturated rings. The summed E-state index contributed by atoms with van der Waals surface area (Å²) in [4.78, 5) is 21.4. The monoisotopic (exact) mass is 158 g/mol. The number of aliphatic hydroxyl groups is 1. The molecule has 0 amide bonds. The zero-order chi connectivity index (χ0) is 8.59. The topological polar surface area (TPSA) is 63.6 Å². The quantitative estimate of drug-likeness (QED) is 0.381. The lowest BCUT2D eigenvalue weighted by Crippen LogP contribution is -2.47. The SMILES string of the molecule is CC1OC(=O)C(=O)C(O)C1C. The van der Waals surface area contributed by atoms with Crippen LogP contribution in [0.1, 0.15) is 13.8 Å². The molecule has 3 unspecified atom stereocenters. The molecule has 1 heterocycles. The summed E-state index contributed by atoms with van der Waals surface area (Å²) in [6.07, 6.45) is -1.57. The molecule has 4 nitrogen and oxygen atoms in total. The van der Waals surface area contributed by atoms with E-state index in [1.54, 1.807) is 13.8 Å². The van der Waals surface area contributed by atoms with E-state index in [-0.39, 0.29) is 12.0 Å². The Morgan fingerprint density at radius 1 is 1.36 bits per heavy atom. The van der Waals surface area contributed by atoms with Gasteiger partial charge in [0.2, 0.25) is 0 Å². The molecule has 11 heavy (non-hydrogen) atoms. The van der Waals surface area contributed by atoms with Crippen molar-refractivity contribution in [2.75, 3.05) is 0 Å². The van der Waals surface area contributed by atoms with Gasteiger partial charge in [0.15, 0.2) is 0 Å². The van der Waals surface area contributed by atoms with Gasteiger partial charge in [-0.3, -0.25) is 4.79 Å². The molecule has 0 saturated carbocycles. The highest BCUT2D eigenvalue weighted by Gasteiger charge is 2.39. The molecule has 0 aliphatic carbocycles. The first kappa shape index (κ1) is 8.20. The van der Waals surface area contributed by atoms with Crippen LogP contribution in [0.4, 0.5) is 0 Å². The number of Topliss-reactive ketones (excluding diaryl/α,β-unsaturated/α-hetero) is 1. The molecule has 1 aliphatic heterocycles. The average Bonchev–Trinajstić information content (AvgIpc) is 1.97. The number of carbonyl (C=O) groups excluding carboxylic acids is 2. The van der Waals surface area contributed by atoms with Gasteiger partial charge in [0.05, 0.1) is 0 Å². The maximum absolute atomic E-state index is 10.8. The van der Waals surface area contributed by atoms with Gasteiger partial charge in [0.25, 0.3) is 5.78 Å². The Bertz CT molecular complexity index is 199. The van der Waals surface area contributed by atoms with Crippen LogP contribution in [0, 0.1) is 5.92 Å². The van der Waals surface area contributed by atoms with Crippen molar-refractivity contribution in [3.05, 3.63) is 0 Å². The van der Waals surface area contributed by atoms with Gasteiger partial charge in [-0.1, -0.05) is 6.92 Å². The first-order valence-corrected chi connectivity index (χ1v) is 3.47. The summed E-state index contributed by atoms with van der Waals surface area (Å²) in [5, 5.41) is 9.14. The van der Waals surface area contributed by atoms with Gasteiger partial charge in [-0.25, -0.2) is 4.79 Å². The lowest BCUT2D eigenvalue weighted by molar-refractivity contribution is -0.174. The highest BCUT2D eigenvalue weighted by molar-refractivity contribution is 6.35. The third-order valence-electron chi connectivity index (χ3n) is 2.00. The molecule has 1 saturated heterocycles. The standard InChI is InChI=1S/C7H10O4/c1-3-4(2)11-7(10)6(9)5(3)8/h3-5,8H,1-2H3. The molecule has 0 spiro atoms. The molecule has 0 aromatic rings. The average molecular weight is 158 g/mol. The van der Waals surface area contributed by atoms with Crippen molar-refractivity contribution in [1.29, 1.82) is 0 Å². The van der Waals surface area contributed by atoms with Gasteiger partial charge < -0.3 is 9.84 Å². The summed E-state index contributed by atoms with van der Waals surface area (Å²) in [5.41, 5.74) is 0. The Morgan fingerprint density at radius 3 is 2.45 bits per heavy atom. The third kappa shape index (κ3) is 1.26. The highest BCUT2D eigenvalue weighted by Crippen LogP contribution is 2.18. The number of cyclic esters (lactones) is 1. The molecule has 1 rings (SSSR count). The van der Waals surface area contributed by atoms with Crippen LogP contribution in [-0.2, 0) is 14.3 Å². The Labute approximate surface area is 64.2 Å². The van der Waals surface area contributed by atoms with Gasteiger partial charge in [-0.15, -0.1) is 0 Å². The minimum atomic E-state index is -1.19. The molecule has 4 heteroatoms. The third-order valence-corrected chi connectivity index (χ3v) is 2.00. The Morgan fingerprint density at radius 2 is 1.91 bits per heavy atom. The Hall–Kier alpha value is -0.900. The summed E-state index contributed by atoms with van der Waals surface area (Å²) >= 11 is 0. The van der Waals surface area contributed by atoms with E-state index in [1.165, 1.54) is 0 Å². The number of carbonyl (C=O) groups is 2. The van der Waals surface area contributed by atoms with Gasteiger partial charge in [0, 0.05) is 5.92 Å². The normalized spacial score (nSPS) is 38.6. The van der Waals surface area contributed by atoms with E-state index in [0.29, 0.717) is 0 Å². The van der Waals surface area contributed by atoms with E-state index < -0.39 is 17.9 Å². The van der Waals surface area contributed by atoms with E-state index in [9.17, 15) is 9.59 Å². The maximum Gasteiger partial charge on any atom is 0.377 e. The zero-order valence-electron chi connectivity index (χ0n) is 6.40. The van der Waals surface area contributed by atoms with Crippen molar-refractivity contribution in [3.63, 3.8) is 0 Å². The van der Waals surface area contributed by atoms with Crippen LogP contribution in [-0.4, -0.2) is 29.1 Å². The molecule has 0 aromatic carbocycles. The summed E-state index contributed by atoms with van der Waals surface area (Å²) in [6, 6.07) is 0. The molecular weight excluding hydrogens is 148 g/mol. The molecule has 0 aromatic heterocycles. The number of rotatable bonds is 0. The lowest BCUT2D eigenvalue weighted by Gasteiger charge is -2.28. The Balaban J connectivity index is 2.78. The van der Waals surface area contributed by atoms with Crippen LogP contribution in [0.15, 0.2) is 0 Å². The van der Waals surface area contributed by atoms with Gasteiger partial charge in [-0.05, 0) is 6.92 Å². The summed E-state index contributed by atoms with van der Waals surface area (Å²) < 4.78 is 4.63. The van der Waals surface area contributed by atoms with E-state index in [2.05, 4.69) is 4.74 Å². The molecule has 3 atom stereocenters. The van der Waals surface area contributed by atoms with Gasteiger partial charge in [0.1, 0.15) is 12.2 Å². The van der Waals surface area contributed by atoms with E-state index in [1.807, 2.05) is 0 Å². The molecule has 1 aliphatic rings. The van der Waals surface area contributed by atoms with Crippen molar-refractivity contribution >= 4 is 11.8 Å². The second-order valence-electron chi connectivity index (χ2n) is 2.78. The molecule has 1 N–H and O–H groups in total. The van der Waals surface area contributed by atoms with Crippen molar-refractivity contribution in [1.82, 2.24) is 0 Å². The van der Waals surface area contributed by atoms with Crippen LogP contribution >= 0.6 is 0 Å². The number of ether oxygens (including phenoxy) is 1. The first-order valence-electron chi connectivity index (χ1n) is 3.47. The largest absolute Gasteiger partial charge is 0.456 e. The van der Waals surface area contributed by atoms with Crippen molar-refractivity contribution in [2.45, 2.75) is 26.1 Å². The fraction of sp³-hybridized carbons (Fsp3) is 0.714. The number of esters is 1. The minimum absolute atomic E-state index is 0.305. The van der Waals surface area contributed by atoms with Crippen LogP contribution in [0.3, 0.4) is 0 Å². The van der Waals surface area contributed by atoms with E-state index >= 15 is 0 Å². The van der Waals surface area contributed by atoms with E-state index in [0.717, 1.165) is 0 Å². The fourth-order valence-corrected chi connectivity index (χ4v) is 0.950. The number of hydrogen-bond donors (Lipinski definition) is 1. The second-order valence-corrected chi connectivity index (χ2v) is 2.78. The van der Waals surface area contributed by atoms with E-state index in [4.69, 9.17) is 5.11 Å². The molecular formula is C7H10O4. The van der Waals surface area contributed by atoms with Crippen LogP contribution in [0.2, 0.25) is 0 Å². The fourth-order valence-electron chi connectivity index (χ4n) is 0.950. The predicted molar refractivity (Wildman–Crippen MR) is 35.7 cm³/mol. The first-order chi connectivity index (χ1) is 5.04. The smallest absolute Gasteiger partial charge is 0.377 e. The van der Waals surface area contributed by atoms with Crippen LogP contribution in [0.25, 0.3) is 0 Å². The predicted octanol–water partition coefficient (Wildman–Crippen LogP) is -0.502. The summed E-state index contributed by atoms with van der Waals surface area (Å²) in [6.45, 7) is 3.32. The summed E-state index contributed by atoms with van der Waals surface area (Å²) in [7, 11) is 0. The number of ketones is 1. The molecule has 0 radical (unpaired) electrons.